The monoisotopic (exact) mass is 708 g/mol. The molecule has 0 rings (SSSR count). The fraction of sp³-hybridized carbons (Fsp3) is 1.00. The lowest BCUT2D eigenvalue weighted by atomic mass is 10.1. The highest BCUT2D eigenvalue weighted by molar-refractivity contribution is 6.61. The summed E-state index contributed by atoms with van der Waals surface area (Å²) in [5.41, 5.74) is 0. The van der Waals surface area contributed by atoms with Crippen molar-refractivity contribution in [2.75, 3.05) is 85.3 Å². The Morgan fingerprint density at radius 1 is 0.205 bits per heavy atom. The van der Waals surface area contributed by atoms with Crippen molar-refractivity contribution in [2.24, 2.45) is 0 Å². The summed E-state index contributed by atoms with van der Waals surface area (Å²) < 4.78 is 65.0. The zero-order chi connectivity index (χ0) is 33.8. The van der Waals surface area contributed by atoms with Crippen LogP contribution in [0.25, 0.3) is 0 Å². The molecule has 0 saturated carbocycles. The van der Waals surface area contributed by atoms with Gasteiger partial charge in [-0.15, -0.1) is 0 Å². The molecule has 268 valence electrons. The Labute approximate surface area is 274 Å². The van der Waals surface area contributed by atoms with Crippen LogP contribution < -0.4 is 0 Å². The molecule has 0 atom stereocenters. The summed E-state index contributed by atoms with van der Waals surface area (Å²) in [6.07, 6.45) is 13.8. The topological polar surface area (TPSA) is 111 Å². The van der Waals surface area contributed by atoms with Gasteiger partial charge in [-0.1, -0.05) is 51.4 Å². The first-order valence-electron chi connectivity index (χ1n) is 15.8. The Balaban J connectivity index is 0. The van der Waals surface area contributed by atoms with E-state index in [1.165, 1.54) is 51.4 Å². The molecule has 0 N–H and O–H groups in total. The third-order valence-corrected chi connectivity index (χ3v) is 19.5. The third kappa shape index (κ3) is 18.7. The van der Waals surface area contributed by atoms with Crippen molar-refractivity contribution in [3.8, 4) is 0 Å². The number of rotatable bonds is 30. The van der Waals surface area contributed by atoms with Crippen LogP contribution in [-0.4, -0.2) is 121 Å². The number of unbranched alkanes of at least 4 members (excludes halogenated alkanes) is 10. The summed E-state index contributed by atoms with van der Waals surface area (Å²) in [6.45, 7) is 0. The van der Waals surface area contributed by atoms with E-state index in [1.54, 1.807) is 85.3 Å². The van der Waals surface area contributed by atoms with Gasteiger partial charge in [-0.3, -0.25) is 0 Å². The lowest BCUT2D eigenvalue weighted by molar-refractivity contribution is 0.122. The normalized spacial score (nSPS) is 12.8. The number of hydrogen-bond donors (Lipinski definition) is 0. The Bertz CT molecular complexity index is 486. The van der Waals surface area contributed by atoms with Gasteiger partial charge in [0.2, 0.25) is 0 Å². The van der Waals surface area contributed by atoms with Crippen LogP contribution >= 0.6 is 0 Å². The van der Waals surface area contributed by atoms with E-state index in [9.17, 15) is 0 Å². The van der Waals surface area contributed by atoms with Gasteiger partial charge >= 0.3 is 35.2 Å². The summed E-state index contributed by atoms with van der Waals surface area (Å²) in [5.74, 6) is 0. The molecule has 0 aromatic heterocycles. The van der Waals surface area contributed by atoms with Crippen LogP contribution in [0.3, 0.4) is 0 Å². The van der Waals surface area contributed by atoms with Gasteiger partial charge in [-0.05, 0) is 25.7 Å². The third-order valence-electron chi connectivity index (χ3n) is 8.16. The molecule has 0 aliphatic heterocycles. The van der Waals surface area contributed by atoms with Crippen molar-refractivity contribution in [2.45, 2.75) is 101 Å². The Hall–Kier alpha value is 0.388. The molecule has 0 unspecified atom stereocenters. The molecule has 0 radical (unpaired) electrons. The summed E-state index contributed by atoms with van der Waals surface area (Å²) in [5, 5.41) is 0. The molecule has 12 nitrogen and oxygen atoms in total. The van der Waals surface area contributed by atoms with Crippen molar-refractivity contribution < 1.29 is 53.1 Å². The SMILES string of the molecule is CO[Si](CCCCCCCC[Si](OC)(OC)OC)(OC)OC.CO[Si](CCCCCCCC[Si](OC)(OC)OC)(OC)OC. The molecular weight excluding hydrogens is 641 g/mol. The average Bonchev–Trinajstić information content (AvgIpc) is 3.08. The highest BCUT2D eigenvalue weighted by Crippen LogP contribution is 2.22. The minimum absolute atomic E-state index is 0.879. The molecule has 0 aliphatic carbocycles. The van der Waals surface area contributed by atoms with Crippen LogP contribution in [0.1, 0.15) is 77.0 Å². The molecular formula is C28H68O12Si4. The second kappa shape index (κ2) is 28.4. The molecule has 44 heavy (non-hydrogen) atoms. The zero-order valence-corrected chi connectivity index (χ0v) is 34.2. The van der Waals surface area contributed by atoms with E-state index in [4.69, 9.17) is 53.1 Å². The maximum absolute atomic E-state index is 5.41. The maximum Gasteiger partial charge on any atom is 0.500 e. The van der Waals surface area contributed by atoms with E-state index in [-0.39, 0.29) is 0 Å². The molecule has 0 aromatic carbocycles. The minimum atomic E-state index is -2.38. The lowest BCUT2D eigenvalue weighted by Gasteiger charge is -2.24. The predicted octanol–water partition coefficient (Wildman–Crippen LogP) is 6.17. The van der Waals surface area contributed by atoms with Crippen molar-refractivity contribution in [3.05, 3.63) is 0 Å². The maximum atomic E-state index is 5.41. The fourth-order valence-electron chi connectivity index (χ4n) is 5.00. The smallest absolute Gasteiger partial charge is 0.377 e. The van der Waals surface area contributed by atoms with Crippen LogP contribution in [-0.2, 0) is 53.1 Å². The van der Waals surface area contributed by atoms with Crippen molar-refractivity contribution in [1.82, 2.24) is 0 Å². The van der Waals surface area contributed by atoms with Gasteiger partial charge in [-0.25, -0.2) is 0 Å². The van der Waals surface area contributed by atoms with Gasteiger partial charge in [0.25, 0.3) is 0 Å². The van der Waals surface area contributed by atoms with Gasteiger partial charge < -0.3 is 53.1 Å². The second-order valence-corrected chi connectivity index (χ2v) is 22.8. The Morgan fingerprint density at radius 3 is 0.432 bits per heavy atom. The number of hydrogen-bond acceptors (Lipinski definition) is 12. The molecule has 0 heterocycles. The van der Waals surface area contributed by atoms with Gasteiger partial charge in [0.1, 0.15) is 0 Å². The lowest BCUT2D eigenvalue weighted by Crippen LogP contribution is -2.42. The first-order valence-corrected chi connectivity index (χ1v) is 23.5. The molecule has 16 heteroatoms. The summed E-state index contributed by atoms with van der Waals surface area (Å²) in [4.78, 5) is 0. The van der Waals surface area contributed by atoms with E-state index in [2.05, 4.69) is 0 Å². The summed E-state index contributed by atoms with van der Waals surface area (Å²) in [7, 11) is 10.5. The highest BCUT2D eigenvalue weighted by Gasteiger charge is 2.39. The average molecular weight is 709 g/mol. The first-order chi connectivity index (χ1) is 21.1. The van der Waals surface area contributed by atoms with Crippen LogP contribution in [0, 0.1) is 0 Å². The standard InChI is InChI=1S/2C14H34O6Si2/c2*1-15-21(16-2,17-3)13-11-9-7-8-10-12-14-22(18-4,19-5)20-6/h2*7-14H2,1-6H3. The molecule has 0 fully saturated rings. The quantitative estimate of drug-likeness (QED) is 0.0629. The molecule has 0 amide bonds. The van der Waals surface area contributed by atoms with E-state index in [0.29, 0.717) is 0 Å². The molecule has 0 aromatic rings. The fourth-order valence-corrected chi connectivity index (χ4v) is 12.2. The Kier molecular flexibility index (Phi) is 30.0. The van der Waals surface area contributed by atoms with Gasteiger partial charge in [0.05, 0.1) is 0 Å². The summed E-state index contributed by atoms with van der Waals surface area (Å²) in [6, 6.07) is 3.51. The van der Waals surface area contributed by atoms with Crippen molar-refractivity contribution in [3.63, 3.8) is 0 Å². The predicted molar refractivity (Wildman–Crippen MR) is 182 cm³/mol. The van der Waals surface area contributed by atoms with Gasteiger partial charge in [-0.2, -0.15) is 0 Å². The van der Waals surface area contributed by atoms with Crippen LogP contribution in [0.15, 0.2) is 0 Å². The van der Waals surface area contributed by atoms with Crippen molar-refractivity contribution >= 4 is 35.2 Å². The minimum Gasteiger partial charge on any atom is -0.377 e. The molecule has 0 saturated heterocycles. The second-order valence-electron chi connectivity index (χ2n) is 10.4. The van der Waals surface area contributed by atoms with Gasteiger partial charge in [0.15, 0.2) is 0 Å². The van der Waals surface area contributed by atoms with Crippen LogP contribution in [0.4, 0.5) is 0 Å². The molecule has 0 spiro atoms. The largest absolute Gasteiger partial charge is 0.500 e. The molecule has 0 aliphatic rings. The first kappa shape index (κ1) is 46.5. The van der Waals surface area contributed by atoms with Crippen LogP contribution in [0.2, 0.25) is 24.2 Å². The van der Waals surface area contributed by atoms with E-state index >= 15 is 0 Å². The van der Waals surface area contributed by atoms with E-state index in [1.807, 2.05) is 0 Å². The zero-order valence-electron chi connectivity index (χ0n) is 30.2. The van der Waals surface area contributed by atoms with Crippen LogP contribution in [0.5, 0.6) is 0 Å². The van der Waals surface area contributed by atoms with E-state index in [0.717, 1.165) is 49.9 Å². The Morgan fingerprint density at radius 2 is 0.318 bits per heavy atom. The highest BCUT2D eigenvalue weighted by atomic mass is 28.4. The van der Waals surface area contributed by atoms with E-state index < -0.39 is 35.2 Å². The van der Waals surface area contributed by atoms with Gasteiger partial charge in [0, 0.05) is 109 Å². The summed E-state index contributed by atoms with van der Waals surface area (Å²) >= 11 is 0. The molecule has 0 bridgehead atoms. The van der Waals surface area contributed by atoms with Crippen molar-refractivity contribution in [1.29, 1.82) is 0 Å².